The van der Waals surface area contributed by atoms with Gasteiger partial charge in [0.05, 0.1) is 0 Å². The predicted octanol–water partition coefficient (Wildman–Crippen LogP) is 2.86. The topological polar surface area (TPSA) is 24.1 Å². The number of rotatable bonds is 7. The lowest BCUT2D eigenvalue weighted by molar-refractivity contribution is 0.973. The lowest BCUT2D eigenvalue weighted by Gasteiger charge is -1.92. The van der Waals surface area contributed by atoms with Gasteiger partial charge in [0.2, 0.25) is 0 Å². The van der Waals surface area contributed by atoms with E-state index in [9.17, 15) is 0 Å². The SMILES string of the molecule is C/C=C/C=C\C=C\N/C=C/CN/C=C/C. The fourth-order valence-corrected chi connectivity index (χ4v) is 0.787. The third kappa shape index (κ3) is 12.3. The van der Waals surface area contributed by atoms with Crippen LogP contribution in [0.1, 0.15) is 13.8 Å². The largest absolute Gasteiger partial charge is 0.388 e. The van der Waals surface area contributed by atoms with Gasteiger partial charge < -0.3 is 10.6 Å². The standard InChI is InChI=1S/C13H20N2/c1-3-5-6-7-8-11-15-13-9-12-14-10-4-2/h3-11,13-15H,12H2,1-2H3/b5-3+,7-6-,10-4+,11-8+,13-9+. The first-order chi connectivity index (χ1) is 7.41. The van der Waals surface area contributed by atoms with E-state index in [4.69, 9.17) is 0 Å². The van der Waals surface area contributed by atoms with Crippen LogP contribution < -0.4 is 10.6 Å². The lowest BCUT2D eigenvalue weighted by Crippen LogP contribution is -2.04. The molecule has 0 aromatic rings. The molecule has 0 atom stereocenters. The van der Waals surface area contributed by atoms with Crippen LogP contribution in [0.25, 0.3) is 0 Å². The van der Waals surface area contributed by atoms with Gasteiger partial charge in [0.15, 0.2) is 0 Å². The Balaban J connectivity index is 3.43. The van der Waals surface area contributed by atoms with E-state index in [0.717, 1.165) is 6.54 Å². The van der Waals surface area contributed by atoms with Crippen molar-refractivity contribution in [1.29, 1.82) is 0 Å². The number of nitrogens with one attached hydrogen (secondary N) is 2. The highest BCUT2D eigenvalue weighted by atomic mass is 14.8. The highest BCUT2D eigenvalue weighted by Gasteiger charge is 1.69. The van der Waals surface area contributed by atoms with Crippen LogP contribution in [0.3, 0.4) is 0 Å². The first kappa shape index (κ1) is 13.3. The highest BCUT2D eigenvalue weighted by molar-refractivity contribution is 5.10. The average Bonchev–Trinajstić information content (AvgIpc) is 2.26. The zero-order valence-corrected chi connectivity index (χ0v) is 9.48. The van der Waals surface area contributed by atoms with Crippen LogP contribution in [0.2, 0.25) is 0 Å². The van der Waals surface area contributed by atoms with E-state index < -0.39 is 0 Å². The second-order valence-electron chi connectivity index (χ2n) is 2.75. The average molecular weight is 204 g/mol. The molecule has 2 nitrogen and oxygen atoms in total. The molecule has 0 rings (SSSR count). The van der Waals surface area contributed by atoms with Gasteiger partial charge >= 0.3 is 0 Å². The maximum absolute atomic E-state index is 3.10. The molecule has 0 saturated heterocycles. The third-order valence-electron chi connectivity index (χ3n) is 1.45. The zero-order valence-electron chi connectivity index (χ0n) is 9.48. The Morgan fingerprint density at radius 3 is 2.33 bits per heavy atom. The van der Waals surface area contributed by atoms with Crippen molar-refractivity contribution in [3.8, 4) is 0 Å². The summed E-state index contributed by atoms with van der Waals surface area (Å²) in [4.78, 5) is 0. The van der Waals surface area contributed by atoms with Crippen LogP contribution in [-0.4, -0.2) is 6.54 Å². The van der Waals surface area contributed by atoms with Crippen LogP contribution in [-0.2, 0) is 0 Å². The minimum absolute atomic E-state index is 0.833. The van der Waals surface area contributed by atoms with Crippen molar-refractivity contribution < 1.29 is 0 Å². The van der Waals surface area contributed by atoms with Gasteiger partial charge in [-0.3, -0.25) is 0 Å². The normalized spacial score (nSPS) is 12.9. The Hall–Kier alpha value is -1.70. The Labute approximate surface area is 92.8 Å². The van der Waals surface area contributed by atoms with Gasteiger partial charge in [0, 0.05) is 12.7 Å². The summed E-state index contributed by atoms with van der Waals surface area (Å²) in [5, 5.41) is 6.14. The summed E-state index contributed by atoms with van der Waals surface area (Å²) < 4.78 is 0. The van der Waals surface area contributed by atoms with Crippen molar-refractivity contribution in [2.75, 3.05) is 6.54 Å². The fourth-order valence-electron chi connectivity index (χ4n) is 0.787. The molecule has 82 valence electrons. The molecule has 0 saturated carbocycles. The molecule has 0 bridgehead atoms. The first-order valence-electron chi connectivity index (χ1n) is 5.12. The van der Waals surface area contributed by atoms with Crippen molar-refractivity contribution in [2.45, 2.75) is 13.8 Å². The Morgan fingerprint density at radius 1 is 0.800 bits per heavy atom. The Kier molecular flexibility index (Phi) is 10.9. The molecular weight excluding hydrogens is 184 g/mol. The van der Waals surface area contributed by atoms with Gasteiger partial charge in [-0.05, 0) is 38.4 Å². The fraction of sp³-hybridized carbons (Fsp3) is 0.231. The molecule has 0 aromatic heterocycles. The molecule has 0 aliphatic rings. The van der Waals surface area contributed by atoms with Crippen LogP contribution in [0.4, 0.5) is 0 Å². The van der Waals surface area contributed by atoms with Gasteiger partial charge in [-0.1, -0.05) is 30.4 Å². The van der Waals surface area contributed by atoms with Crippen molar-refractivity contribution in [3.05, 3.63) is 61.1 Å². The molecular formula is C13H20N2. The summed E-state index contributed by atoms with van der Waals surface area (Å²) >= 11 is 0. The molecule has 0 radical (unpaired) electrons. The summed E-state index contributed by atoms with van der Waals surface area (Å²) in [7, 11) is 0. The summed E-state index contributed by atoms with van der Waals surface area (Å²) in [6.07, 6.45) is 19.6. The number of hydrogen-bond acceptors (Lipinski definition) is 2. The van der Waals surface area contributed by atoms with E-state index in [1.54, 1.807) is 0 Å². The molecule has 0 heterocycles. The van der Waals surface area contributed by atoms with Crippen molar-refractivity contribution in [1.82, 2.24) is 10.6 Å². The first-order valence-corrected chi connectivity index (χ1v) is 5.12. The minimum Gasteiger partial charge on any atom is -0.388 e. The van der Waals surface area contributed by atoms with E-state index in [1.807, 2.05) is 75.0 Å². The van der Waals surface area contributed by atoms with E-state index in [-0.39, 0.29) is 0 Å². The molecule has 0 amide bonds. The molecule has 0 aliphatic carbocycles. The van der Waals surface area contributed by atoms with Crippen LogP contribution >= 0.6 is 0 Å². The van der Waals surface area contributed by atoms with E-state index >= 15 is 0 Å². The monoisotopic (exact) mass is 204 g/mol. The number of hydrogen-bond donors (Lipinski definition) is 2. The summed E-state index contributed by atoms with van der Waals surface area (Å²) in [5.74, 6) is 0. The van der Waals surface area contributed by atoms with Gasteiger partial charge in [0.1, 0.15) is 0 Å². The van der Waals surface area contributed by atoms with Gasteiger partial charge in [-0.2, -0.15) is 0 Å². The second kappa shape index (κ2) is 12.3. The van der Waals surface area contributed by atoms with Gasteiger partial charge in [-0.25, -0.2) is 0 Å². The molecule has 2 heteroatoms. The molecule has 0 aliphatic heterocycles. The summed E-state index contributed by atoms with van der Waals surface area (Å²) in [6, 6.07) is 0. The van der Waals surface area contributed by atoms with Crippen LogP contribution in [0, 0.1) is 0 Å². The maximum Gasteiger partial charge on any atom is 0.0342 e. The smallest absolute Gasteiger partial charge is 0.0342 e. The zero-order chi connectivity index (χ0) is 11.2. The molecule has 0 spiro atoms. The third-order valence-corrected chi connectivity index (χ3v) is 1.45. The highest BCUT2D eigenvalue weighted by Crippen LogP contribution is 1.78. The summed E-state index contributed by atoms with van der Waals surface area (Å²) in [5.41, 5.74) is 0. The summed E-state index contributed by atoms with van der Waals surface area (Å²) in [6.45, 7) is 4.81. The maximum atomic E-state index is 3.10. The Morgan fingerprint density at radius 2 is 1.60 bits per heavy atom. The van der Waals surface area contributed by atoms with E-state index in [2.05, 4.69) is 10.6 Å². The molecule has 2 N–H and O–H groups in total. The van der Waals surface area contributed by atoms with Crippen LogP contribution in [0.5, 0.6) is 0 Å². The van der Waals surface area contributed by atoms with E-state index in [1.165, 1.54) is 0 Å². The van der Waals surface area contributed by atoms with Crippen LogP contribution in [0.15, 0.2) is 61.1 Å². The van der Waals surface area contributed by atoms with Gasteiger partial charge in [0.25, 0.3) is 0 Å². The lowest BCUT2D eigenvalue weighted by atomic mass is 10.4. The number of allylic oxidation sites excluding steroid dienone is 6. The van der Waals surface area contributed by atoms with Crippen molar-refractivity contribution in [3.63, 3.8) is 0 Å². The van der Waals surface area contributed by atoms with Crippen molar-refractivity contribution >= 4 is 0 Å². The van der Waals surface area contributed by atoms with Gasteiger partial charge in [-0.15, -0.1) is 0 Å². The quantitative estimate of drug-likeness (QED) is 0.492. The Bertz CT molecular complexity index is 258. The molecule has 15 heavy (non-hydrogen) atoms. The molecule has 0 fully saturated rings. The molecule has 0 aromatic carbocycles. The molecule has 0 unspecified atom stereocenters. The van der Waals surface area contributed by atoms with E-state index in [0.29, 0.717) is 0 Å². The predicted molar refractivity (Wildman–Crippen MR) is 68.2 cm³/mol. The van der Waals surface area contributed by atoms with Crippen molar-refractivity contribution in [2.24, 2.45) is 0 Å². The minimum atomic E-state index is 0.833. The second-order valence-corrected chi connectivity index (χ2v) is 2.75.